The highest BCUT2D eigenvalue weighted by atomic mass is 16.5. The van der Waals surface area contributed by atoms with Crippen molar-refractivity contribution < 1.29 is 19.0 Å². The van der Waals surface area contributed by atoms with E-state index in [-0.39, 0.29) is 17.4 Å². The molecule has 0 radical (unpaired) electrons. The molecule has 0 fully saturated rings. The maximum absolute atomic E-state index is 13.2. The highest BCUT2D eigenvalue weighted by Crippen LogP contribution is 2.42. The van der Waals surface area contributed by atoms with E-state index in [0.29, 0.717) is 40.7 Å². The Hall–Kier alpha value is -3.92. The van der Waals surface area contributed by atoms with Gasteiger partial charge in [0.25, 0.3) is 5.91 Å². The number of carbonyl (C=O) groups excluding carboxylic acids is 1. The zero-order chi connectivity index (χ0) is 21.7. The molecule has 2 aromatic carbocycles. The molecule has 0 unspecified atom stereocenters. The number of carbonyl (C=O) groups is 1. The minimum absolute atomic E-state index is 0.0240. The van der Waals surface area contributed by atoms with Crippen molar-refractivity contribution in [1.82, 2.24) is 0 Å². The number of nitrogens with zero attached hydrogens (tertiary/aromatic N) is 1. The van der Waals surface area contributed by atoms with Crippen molar-refractivity contribution in [1.29, 1.82) is 5.26 Å². The van der Waals surface area contributed by atoms with Crippen LogP contribution in [0, 0.1) is 11.3 Å². The van der Waals surface area contributed by atoms with E-state index in [2.05, 4.69) is 11.4 Å². The van der Waals surface area contributed by atoms with E-state index < -0.39 is 5.92 Å². The van der Waals surface area contributed by atoms with Crippen LogP contribution in [-0.2, 0) is 9.53 Å². The van der Waals surface area contributed by atoms with Crippen LogP contribution in [0.1, 0.15) is 25.3 Å². The van der Waals surface area contributed by atoms with Crippen LogP contribution < -0.4 is 20.5 Å². The van der Waals surface area contributed by atoms with Crippen molar-refractivity contribution in [2.24, 2.45) is 5.73 Å². The van der Waals surface area contributed by atoms with Gasteiger partial charge in [-0.1, -0.05) is 24.3 Å². The number of amides is 1. The van der Waals surface area contributed by atoms with Crippen LogP contribution in [0.5, 0.6) is 11.5 Å². The summed E-state index contributed by atoms with van der Waals surface area (Å²) in [7, 11) is 1.53. The number of nitrogens with two attached hydrogens (primary N) is 1. The number of ether oxygens (including phenoxy) is 3. The third-order valence-corrected chi connectivity index (χ3v) is 4.70. The Labute approximate surface area is 175 Å². The minimum Gasteiger partial charge on any atom is -0.493 e. The first-order valence-corrected chi connectivity index (χ1v) is 9.45. The number of para-hydroxylation sites is 1. The second-order valence-electron chi connectivity index (χ2n) is 6.56. The van der Waals surface area contributed by atoms with Crippen molar-refractivity contribution in [3.05, 3.63) is 76.9 Å². The normalized spacial score (nSPS) is 15.9. The molecule has 30 heavy (non-hydrogen) atoms. The Morgan fingerprint density at radius 1 is 1.23 bits per heavy atom. The average molecular weight is 405 g/mol. The van der Waals surface area contributed by atoms with Gasteiger partial charge in [0.05, 0.1) is 25.2 Å². The maximum Gasteiger partial charge on any atom is 0.255 e. The number of benzene rings is 2. The fraction of sp³-hybridized carbons (Fsp3) is 0.217. The van der Waals surface area contributed by atoms with Gasteiger partial charge in [0.15, 0.2) is 11.5 Å². The molecule has 0 spiro atoms. The van der Waals surface area contributed by atoms with E-state index in [0.717, 1.165) is 0 Å². The largest absolute Gasteiger partial charge is 0.493 e. The fourth-order valence-electron chi connectivity index (χ4n) is 3.37. The van der Waals surface area contributed by atoms with Gasteiger partial charge in [0.2, 0.25) is 5.88 Å². The van der Waals surface area contributed by atoms with Gasteiger partial charge < -0.3 is 25.3 Å². The number of methoxy groups -OCH3 is 1. The van der Waals surface area contributed by atoms with E-state index in [1.807, 2.05) is 25.1 Å². The molecular weight excluding hydrogens is 382 g/mol. The van der Waals surface area contributed by atoms with Crippen molar-refractivity contribution in [2.75, 3.05) is 19.0 Å². The van der Waals surface area contributed by atoms with E-state index >= 15 is 0 Å². The Kier molecular flexibility index (Phi) is 6.28. The summed E-state index contributed by atoms with van der Waals surface area (Å²) in [5, 5.41) is 12.6. The maximum atomic E-state index is 13.2. The predicted octanol–water partition coefficient (Wildman–Crippen LogP) is 3.81. The van der Waals surface area contributed by atoms with Crippen molar-refractivity contribution in [3.8, 4) is 17.6 Å². The number of allylic oxidation sites excluding steroid dienone is 2. The zero-order valence-corrected chi connectivity index (χ0v) is 17.1. The first-order chi connectivity index (χ1) is 14.5. The van der Waals surface area contributed by atoms with Gasteiger partial charge in [-0.05, 0) is 43.7 Å². The highest BCUT2D eigenvalue weighted by molar-refractivity contribution is 6.06. The third kappa shape index (κ3) is 4.08. The van der Waals surface area contributed by atoms with Gasteiger partial charge in [-0.2, -0.15) is 5.26 Å². The molecule has 1 aliphatic rings. The van der Waals surface area contributed by atoms with Crippen LogP contribution in [0.4, 0.5) is 5.69 Å². The monoisotopic (exact) mass is 405 g/mol. The Balaban J connectivity index is 2.08. The lowest BCUT2D eigenvalue weighted by atomic mass is 9.82. The molecule has 7 heteroatoms. The molecule has 0 aromatic heterocycles. The van der Waals surface area contributed by atoms with Crippen LogP contribution in [0.2, 0.25) is 0 Å². The SMILES string of the molecule is CCOc1ccc([C@H]2C(C#N)=C(N)OC(C)=C2C(=O)Nc2ccccc2)cc1OC. The number of nitriles is 1. The number of rotatable bonds is 6. The number of anilines is 1. The van der Waals surface area contributed by atoms with Crippen molar-refractivity contribution in [3.63, 3.8) is 0 Å². The topological polar surface area (TPSA) is 107 Å². The molecule has 3 rings (SSSR count). The molecule has 2 aromatic rings. The Morgan fingerprint density at radius 3 is 2.60 bits per heavy atom. The summed E-state index contributed by atoms with van der Waals surface area (Å²) in [6, 6.07) is 16.4. The lowest BCUT2D eigenvalue weighted by Gasteiger charge is -2.28. The Morgan fingerprint density at radius 2 is 1.97 bits per heavy atom. The van der Waals surface area contributed by atoms with Gasteiger partial charge in [0.1, 0.15) is 17.4 Å². The first kappa shape index (κ1) is 20.8. The zero-order valence-electron chi connectivity index (χ0n) is 17.1. The summed E-state index contributed by atoms with van der Waals surface area (Å²) < 4.78 is 16.5. The van der Waals surface area contributed by atoms with Crippen molar-refractivity contribution >= 4 is 11.6 Å². The lowest BCUT2D eigenvalue weighted by molar-refractivity contribution is -0.113. The average Bonchev–Trinajstić information content (AvgIpc) is 2.74. The van der Waals surface area contributed by atoms with E-state index in [1.54, 1.807) is 37.3 Å². The van der Waals surface area contributed by atoms with Crippen molar-refractivity contribution in [2.45, 2.75) is 19.8 Å². The molecule has 0 saturated heterocycles. The summed E-state index contributed by atoms with van der Waals surface area (Å²) in [6.07, 6.45) is 0. The summed E-state index contributed by atoms with van der Waals surface area (Å²) in [5.41, 5.74) is 7.74. The molecule has 1 heterocycles. The molecular formula is C23H23N3O4. The molecule has 1 atom stereocenters. The molecule has 0 aliphatic carbocycles. The van der Waals surface area contributed by atoms with Gasteiger partial charge in [0, 0.05) is 5.69 Å². The van der Waals surface area contributed by atoms with Gasteiger partial charge in [-0.25, -0.2) is 0 Å². The summed E-state index contributed by atoms with van der Waals surface area (Å²) in [4.78, 5) is 13.2. The number of hydrogen-bond donors (Lipinski definition) is 2. The smallest absolute Gasteiger partial charge is 0.255 e. The second-order valence-corrected chi connectivity index (χ2v) is 6.56. The van der Waals surface area contributed by atoms with Crippen LogP contribution in [0.15, 0.2) is 71.3 Å². The fourth-order valence-corrected chi connectivity index (χ4v) is 3.37. The molecule has 1 aliphatic heterocycles. The van der Waals surface area contributed by atoms with Crippen LogP contribution >= 0.6 is 0 Å². The van der Waals surface area contributed by atoms with Gasteiger partial charge in [-0.15, -0.1) is 0 Å². The van der Waals surface area contributed by atoms with Crippen LogP contribution in [-0.4, -0.2) is 19.6 Å². The standard InChI is InChI=1S/C23H23N3O4/c1-4-29-18-11-10-15(12-19(18)28-3)21-17(13-24)22(25)30-14(2)20(21)23(27)26-16-8-6-5-7-9-16/h5-12,21H,4,25H2,1-3H3,(H,26,27)/t21-/m0/s1. The second kappa shape index (κ2) is 9.05. The lowest BCUT2D eigenvalue weighted by Crippen LogP contribution is -2.27. The quantitative estimate of drug-likeness (QED) is 0.757. The molecule has 1 amide bonds. The summed E-state index contributed by atoms with van der Waals surface area (Å²) >= 11 is 0. The van der Waals surface area contributed by atoms with E-state index in [4.69, 9.17) is 19.9 Å². The van der Waals surface area contributed by atoms with Gasteiger partial charge >= 0.3 is 0 Å². The van der Waals surface area contributed by atoms with E-state index in [9.17, 15) is 10.1 Å². The minimum atomic E-state index is -0.711. The van der Waals surface area contributed by atoms with Gasteiger partial charge in [-0.3, -0.25) is 4.79 Å². The van der Waals surface area contributed by atoms with Crippen LogP contribution in [0.25, 0.3) is 0 Å². The molecule has 0 bridgehead atoms. The van der Waals surface area contributed by atoms with Crippen LogP contribution in [0.3, 0.4) is 0 Å². The Bertz CT molecular complexity index is 1050. The third-order valence-electron chi connectivity index (χ3n) is 4.70. The number of nitrogens with one attached hydrogen (secondary N) is 1. The summed E-state index contributed by atoms with van der Waals surface area (Å²) in [6.45, 7) is 4.01. The predicted molar refractivity (Wildman–Crippen MR) is 113 cm³/mol. The molecule has 7 nitrogen and oxygen atoms in total. The first-order valence-electron chi connectivity index (χ1n) is 9.45. The molecule has 0 saturated carbocycles. The highest BCUT2D eigenvalue weighted by Gasteiger charge is 2.36. The molecule has 3 N–H and O–H groups in total. The molecule has 154 valence electrons. The number of hydrogen-bond acceptors (Lipinski definition) is 6. The summed E-state index contributed by atoms with van der Waals surface area (Å²) in [5.74, 6) is 0.287. The van der Waals surface area contributed by atoms with E-state index in [1.165, 1.54) is 7.11 Å².